The van der Waals surface area contributed by atoms with Crippen LogP contribution in [-0.4, -0.2) is 17.0 Å². The van der Waals surface area contributed by atoms with Crippen LogP contribution in [0.5, 0.6) is 5.75 Å². The van der Waals surface area contributed by atoms with Crippen LogP contribution >= 0.6 is 0 Å². The number of nitrogens with two attached hydrogens (primary N) is 1. The molecule has 0 bridgehead atoms. The summed E-state index contributed by atoms with van der Waals surface area (Å²) >= 11 is 0. The lowest BCUT2D eigenvalue weighted by Gasteiger charge is -2.13. The molecule has 0 saturated heterocycles. The summed E-state index contributed by atoms with van der Waals surface area (Å²) in [5.74, 6) is -0.0164. The molecule has 27 heavy (non-hydrogen) atoms. The molecule has 0 spiro atoms. The second-order valence-electron chi connectivity index (χ2n) is 6.52. The number of primary amides is 1. The number of alkyl halides is 3. The summed E-state index contributed by atoms with van der Waals surface area (Å²) in [4.78, 5) is 15.8. The molecule has 4 rings (SSSR count). The van der Waals surface area contributed by atoms with E-state index >= 15 is 0 Å². The molecule has 1 amide bonds. The maximum absolute atomic E-state index is 12.8. The van der Waals surface area contributed by atoms with E-state index in [-0.39, 0.29) is 11.7 Å². The number of nitrogens with zero attached hydrogens (tertiary/aromatic N) is 1. The van der Waals surface area contributed by atoms with Crippen LogP contribution in [-0.2, 0) is 6.18 Å². The van der Waals surface area contributed by atoms with Crippen molar-refractivity contribution in [1.82, 2.24) is 4.98 Å². The summed E-state index contributed by atoms with van der Waals surface area (Å²) in [7, 11) is 0. The van der Waals surface area contributed by atoms with Gasteiger partial charge in [0.2, 0.25) is 5.91 Å². The zero-order valence-electron chi connectivity index (χ0n) is 14.1. The van der Waals surface area contributed by atoms with E-state index in [1.807, 2.05) is 0 Å². The van der Waals surface area contributed by atoms with E-state index in [1.165, 1.54) is 18.3 Å². The molecule has 1 aromatic heterocycles. The van der Waals surface area contributed by atoms with E-state index < -0.39 is 17.6 Å². The molecular formula is C20H15F3N2O2. The van der Waals surface area contributed by atoms with Gasteiger partial charge in [-0.15, -0.1) is 0 Å². The van der Waals surface area contributed by atoms with E-state index in [9.17, 15) is 18.0 Å². The molecule has 4 nitrogen and oxygen atoms in total. The smallest absolute Gasteiger partial charge is 0.416 e. The third kappa shape index (κ3) is 3.58. The maximum Gasteiger partial charge on any atom is 0.416 e. The van der Waals surface area contributed by atoms with Crippen LogP contribution < -0.4 is 10.5 Å². The lowest BCUT2D eigenvalue weighted by molar-refractivity contribution is -0.137. The summed E-state index contributed by atoms with van der Waals surface area (Å²) in [6, 6.07) is 10.0. The fourth-order valence-electron chi connectivity index (χ4n) is 2.86. The first-order valence-electron chi connectivity index (χ1n) is 8.39. The van der Waals surface area contributed by atoms with Crippen molar-refractivity contribution in [3.63, 3.8) is 0 Å². The number of halogens is 3. The minimum atomic E-state index is -4.40. The average Bonchev–Trinajstić information content (AvgIpc) is 3.44. The first-order chi connectivity index (χ1) is 12.8. The van der Waals surface area contributed by atoms with Crippen molar-refractivity contribution in [2.75, 3.05) is 0 Å². The van der Waals surface area contributed by atoms with Crippen LogP contribution in [0.2, 0.25) is 0 Å². The molecule has 1 heterocycles. The van der Waals surface area contributed by atoms with Crippen molar-refractivity contribution >= 4 is 16.8 Å². The van der Waals surface area contributed by atoms with Crippen LogP contribution in [0.15, 0.2) is 48.7 Å². The number of carbonyl (C=O) groups excluding carboxylic acids is 1. The Morgan fingerprint density at radius 2 is 1.81 bits per heavy atom. The number of hydrogen-bond acceptors (Lipinski definition) is 3. The highest BCUT2D eigenvalue weighted by Gasteiger charge is 2.30. The number of amides is 1. The minimum absolute atomic E-state index is 0.148. The predicted octanol–water partition coefficient (Wildman–Crippen LogP) is 4.56. The lowest BCUT2D eigenvalue weighted by Crippen LogP contribution is -2.11. The topological polar surface area (TPSA) is 65.2 Å². The van der Waals surface area contributed by atoms with Gasteiger partial charge in [0.25, 0.3) is 0 Å². The molecule has 0 unspecified atom stereocenters. The maximum atomic E-state index is 12.8. The van der Waals surface area contributed by atoms with E-state index in [4.69, 9.17) is 10.5 Å². The lowest BCUT2D eigenvalue weighted by atomic mass is 9.99. The molecule has 2 aromatic carbocycles. The summed E-state index contributed by atoms with van der Waals surface area (Å²) < 4.78 is 44.4. The third-order valence-electron chi connectivity index (χ3n) is 4.39. The molecule has 1 aliphatic carbocycles. The minimum Gasteiger partial charge on any atom is -0.490 e. The number of pyridine rings is 1. The number of ether oxygens (including phenoxy) is 1. The van der Waals surface area contributed by atoms with E-state index in [2.05, 4.69) is 4.98 Å². The van der Waals surface area contributed by atoms with Crippen molar-refractivity contribution in [1.29, 1.82) is 0 Å². The van der Waals surface area contributed by atoms with Gasteiger partial charge in [0, 0.05) is 17.1 Å². The third-order valence-corrected chi connectivity index (χ3v) is 4.39. The van der Waals surface area contributed by atoms with E-state index in [0.717, 1.165) is 25.0 Å². The van der Waals surface area contributed by atoms with Crippen molar-refractivity contribution in [2.24, 2.45) is 5.73 Å². The fourth-order valence-corrected chi connectivity index (χ4v) is 2.86. The molecule has 0 aliphatic heterocycles. The number of benzene rings is 2. The second-order valence-corrected chi connectivity index (χ2v) is 6.52. The van der Waals surface area contributed by atoms with Crippen LogP contribution in [0, 0.1) is 0 Å². The molecule has 1 saturated carbocycles. The summed E-state index contributed by atoms with van der Waals surface area (Å²) in [5.41, 5.74) is 6.63. The van der Waals surface area contributed by atoms with Gasteiger partial charge in [-0.2, -0.15) is 13.2 Å². The highest BCUT2D eigenvalue weighted by atomic mass is 19.4. The van der Waals surface area contributed by atoms with Crippen LogP contribution in [0.3, 0.4) is 0 Å². The fraction of sp³-hybridized carbons (Fsp3) is 0.200. The summed E-state index contributed by atoms with van der Waals surface area (Å²) in [6.45, 7) is 0. The number of aromatic nitrogens is 1. The summed E-state index contributed by atoms with van der Waals surface area (Å²) in [6.07, 6.45) is -0.957. The van der Waals surface area contributed by atoms with Crippen LogP contribution in [0.4, 0.5) is 13.2 Å². The van der Waals surface area contributed by atoms with Crippen molar-refractivity contribution in [3.8, 4) is 16.9 Å². The van der Waals surface area contributed by atoms with Gasteiger partial charge in [0.1, 0.15) is 5.75 Å². The van der Waals surface area contributed by atoms with Gasteiger partial charge in [-0.05, 0) is 48.7 Å². The number of hydrogen-bond donors (Lipinski definition) is 1. The van der Waals surface area contributed by atoms with Crippen molar-refractivity contribution in [2.45, 2.75) is 25.1 Å². The molecule has 0 radical (unpaired) electrons. The van der Waals surface area contributed by atoms with Gasteiger partial charge in [0.05, 0.1) is 22.7 Å². The Bertz CT molecular complexity index is 1030. The average molecular weight is 372 g/mol. The highest BCUT2D eigenvalue weighted by molar-refractivity contribution is 6.00. The van der Waals surface area contributed by atoms with Crippen LogP contribution in [0.25, 0.3) is 22.0 Å². The van der Waals surface area contributed by atoms with Gasteiger partial charge in [-0.25, -0.2) is 0 Å². The molecule has 1 fully saturated rings. The molecule has 138 valence electrons. The molecule has 2 N–H and O–H groups in total. The molecule has 7 heteroatoms. The number of carbonyl (C=O) groups is 1. The van der Waals surface area contributed by atoms with Gasteiger partial charge < -0.3 is 10.5 Å². The Morgan fingerprint density at radius 3 is 2.41 bits per heavy atom. The van der Waals surface area contributed by atoms with Gasteiger partial charge in [-0.1, -0.05) is 12.1 Å². The number of fused-ring (bicyclic) bond motifs is 1. The van der Waals surface area contributed by atoms with E-state index in [0.29, 0.717) is 27.8 Å². The first kappa shape index (κ1) is 17.3. The number of rotatable bonds is 4. The Hall–Kier alpha value is -3.09. The standard InChI is InChI=1S/C20H15F3N2O2/c21-20(22,23)14-3-1-11(2-4-14)17-9-16(27-15-5-6-15)8-12-7-13(19(24)26)10-25-18(12)17/h1-4,7-10,15H,5-6H2,(H2,24,26). The summed E-state index contributed by atoms with van der Waals surface area (Å²) in [5, 5.41) is 0.638. The SMILES string of the molecule is NC(=O)c1cnc2c(-c3ccc(C(F)(F)F)cc3)cc(OC3CC3)cc2c1. The first-order valence-corrected chi connectivity index (χ1v) is 8.39. The Kier molecular flexibility index (Phi) is 4.02. The Balaban J connectivity index is 1.85. The Labute approximate surface area is 152 Å². The zero-order chi connectivity index (χ0) is 19.2. The largest absolute Gasteiger partial charge is 0.490 e. The van der Waals surface area contributed by atoms with Gasteiger partial charge >= 0.3 is 6.18 Å². The second kappa shape index (κ2) is 6.26. The van der Waals surface area contributed by atoms with Crippen LogP contribution in [0.1, 0.15) is 28.8 Å². The Morgan fingerprint density at radius 1 is 1.11 bits per heavy atom. The molecule has 3 aromatic rings. The van der Waals surface area contributed by atoms with Gasteiger partial charge in [-0.3, -0.25) is 9.78 Å². The zero-order valence-corrected chi connectivity index (χ0v) is 14.1. The quantitative estimate of drug-likeness (QED) is 0.730. The van der Waals surface area contributed by atoms with E-state index in [1.54, 1.807) is 18.2 Å². The predicted molar refractivity (Wildman–Crippen MR) is 94.3 cm³/mol. The van der Waals surface area contributed by atoms with Crippen molar-refractivity contribution in [3.05, 3.63) is 59.8 Å². The van der Waals surface area contributed by atoms with Crippen molar-refractivity contribution < 1.29 is 22.7 Å². The van der Waals surface area contributed by atoms with Gasteiger partial charge in [0.15, 0.2) is 0 Å². The molecular weight excluding hydrogens is 357 g/mol. The normalized spacial score (nSPS) is 14.3. The monoisotopic (exact) mass is 372 g/mol. The molecule has 0 atom stereocenters. The molecule has 1 aliphatic rings. The highest BCUT2D eigenvalue weighted by Crippen LogP contribution is 2.36.